The molecule has 7 nitrogen and oxygen atoms in total. The molecule has 0 unspecified atom stereocenters. The number of amides is 1. The van der Waals surface area contributed by atoms with Crippen molar-refractivity contribution in [2.24, 2.45) is 0 Å². The molecule has 138 valence electrons. The van der Waals surface area contributed by atoms with Crippen LogP contribution >= 0.6 is 0 Å². The maximum Gasteiger partial charge on any atom is 0.273 e. The lowest BCUT2D eigenvalue weighted by molar-refractivity contribution is -0.385. The number of nitrogens with zero attached hydrogens (tertiary/aromatic N) is 3. The van der Waals surface area contributed by atoms with Crippen molar-refractivity contribution in [1.82, 2.24) is 9.55 Å². The monoisotopic (exact) mass is 372 g/mol. The number of para-hydroxylation sites is 3. The topological polar surface area (TPSA) is 90.1 Å². The first kappa shape index (κ1) is 17.4. The highest BCUT2D eigenvalue weighted by Gasteiger charge is 2.20. The van der Waals surface area contributed by atoms with E-state index in [4.69, 9.17) is 0 Å². The first-order valence-electron chi connectivity index (χ1n) is 8.64. The van der Waals surface area contributed by atoms with Gasteiger partial charge >= 0.3 is 0 Å². The maximum atomic E-state index is 12.9. The van der Waals surface area contributed by atoms with Crippen LogP contribution in [-0.4, -0.2) is 20.4 Å². The summed E-state index contributed by atoms with van der Waals surface area (Å²) < 4.78 is 1.85. The molecule has 0 bridgehead atoms. The number of nitro benzene ring substituents is 1. The summed E-state index contributed by atoms with van der Waals surface area (Å²) in [6.45, 7) is 1.56. The Kier molecular flexibility index (Phi) is 4.33. The molecule has 1 N–H and O–H groups in total. The molecule has 1 aromatic heterocycles. The van der Waals surface area contributed by atoms with Crippen LogP contribution in [0.2, 0.25) is 0 Å². The van der Waals surface area contributed by atoms with Crippen LogP contribution in [0.5, 0.6) is 0 Å². The number of nitro groups is 1. The van der Waals surface area contributed by atoms with Gasteiger partial charge in [-0.05, 0) is 37.3 Å². The molecule has 0 atom stereocenters. The van der Waals surface area contributed by atoms with Crippen molar-refractivity contribution in [2.75, 3.05) is 5.32 Å². The van der Waals surface area contributed by atoms with E-state index in [9.17, 15) is 14.9 Å². The molecule has 0 saturated carbocycles. The van der Waals surface area contributed by atoms with Gasteiger partial charge in [-0.2, -0.15) is 0 Å². The lowest BCUT2D eigenvalue weighted by Gasteiger charge is -2.11. The fourth-order valence-electron chi connectivity index (χ4n) is 3.18. The van der Waals surface area contributed by atoms with Crippen molar-refractivity contribution in [1.29, 1.82) is 0 Å². The van der Waals surface area contributed by atoms with Gasteiger partial charge in [0.15, 0.2) is 0 Å². The van der Waals surface area contributed by atoms with Crippen LogP contribution in [0.4, 0.5) is 11.6 Å². The quantitative estimate of drug-likeness (QED) is 0.422. The number of nitrogens with one attached hydrogen (secondary N) is 1. The fraction of sp³-hybridized carbons (Fsp3) is 0.0476. The third-order valence-electron chi connectivity index (χ3n) is 4.55. The lowest BCUT2D eigenvalue weighted by Crippen LogP contribution is -2.17. The van der Waals surface area contributed by atoms with Gasteiger partial charge in [0.1, 0.15) is 0 Å². The number of carbonyl (C=O) groups excluding carboxylic acids is 1. The van der Waals surface area contributed by atoms with E-state index in [0.29, 0.717) is 11.5 Å². The fourth-order valence-corrected chi connectivity index (χ4v) is 3.18. The van der Waals surface area contributed by atoms with Crippen LogP contribution in [0.25, 0.3) is 16.7 Å². The molecule has 1 heterocycles. The zero-order chi connectivity index (χ0) is 19.7. The molecule has 0 saturated heterocycles. The second-order valence-electron chi connectivity index (χ2n) is 6.26. The van der Waals surface area contributed by atoms with Gasteiger partial charge in [0, 0.05) is 22.9 Å². The number of aromatic nitrogens is 2. The van der Waals surface area contributed by atoms with Crippen LogP contribution in [-0.2, 0) is 0 Å². The van der Waals surface area contributed by atoms with Crippen LogP contribution < -0.4 is 5.32 Å². The SMILES string of the molecule is Cc1c(C(=O)Nc2nc3ccccc3n2-c2ccccc2)cccc1[N+](=O)[O-]. The Balaban J connectivity index is 1.80. The van der Waals surface area contributed by atoms with E-state index >= 15 is 0 Å². The Labute approximate surface area is 160 Å². The molecule has 4 aromatic rings. The van der Waals surface area contributed by atoms with Gasteiger partial charge in [-0.15, -0.1) is 0 Å². The third kappa shape index (κ3) is 2.99. The number of imidazole rings is 1. The first-order valence-corrected chi connectivity index (χ1v) is 8.64. The first-order chi connectivity index (χ1) is 13.6. The van der Waals surface area contributed by atoms with Gasteiger partial charge in [0.25, 0.3) is 11.6 Å². The zero-order valence-electron chi connectivity index (χ0n) is 15.0. The van der Waals surface area contributed by atoms with E-state index < -0.39 is 10.8 Å². The van der Waals surface area contributed by atoms with Gasteiger partial charge in [-0.25, -0.2) is 4.98 Å². The molecule has 4 rings (SSSR count). The smallest absolute Gasteiger partial charge is 0.273 e. The largest absolute Gasteiger partial charge is 0.291 e. The van der Waals surface area contributed by atoms with Gasteiger partial charge < -0.3 is 0 Å². The second kappa shape index (κ2) is 6.96. The molecule has 28 heavy (non-hydrogen) atoms. The summed E-state index contributed by atoms with van der Waals surface area (Å²) in [5.41, 5.74) is 2.89. The highest BCUT2D eigenvalue weighted by Crippen LogP contribution is 2.26. The molecule has 0 aliphatic heterocycles. The number of fused-ring (bicyclic) bond motifs is 1. The Bertz CT molecular complexity index is 1200. The summed E-state index contributed by atoms with van der Waals surface area (Å²) in [5, 5.41) is 14.0. The van der Waals surface area contributed by atoms with Crippen LogP contribution in [0.3, 0.4) is 0 Å². The average molecular weight is 372 g/mol. The summed E-state index contributed by atoms with van der Waals surface area (Å²) in [5.74, 6) is -0.100. The molecular formula is C21H16N4O3. The molecule has 0 aliphatic carbocycles. The molecule has 1 amide bonds. The molecule has 3 aromatic carbocycles. The maximum absolute atomic E-state index is 12.9. The minimum atomic E-state index is -0.495. The number of carbonyl (C=O) groups is 1. The van der Waals surface area contributed by atoms with E-state index in [0.717, 1.165) is 16.7 Å². The van der Waals surface area contributed by atoms with E-state index in [1.54, 1.807) is 13.0 Å². The Morgan fingerprint density at radius 3 is 2.46 bits per heavy atom. The Morgan fingerprint density at radius 1 is 1.00 bits per heavy atom. The standard InChI is InChI=1S/C21H16N4O3/c1-14-16(10-7-13-18(14)25(27)28)20(26)23-21-22-17-11-5-6-12-19(17)24(21)15-8-3-2-4-9-15/h2-13H,1H3,(H,22,23,26). The summed E-state index contributed by atoms with van der Waals surface area (Å²) >= 11 is 0. The van der Waals surface area contributed by atoms with Crippen LogP contribution in [0.1, 0.15) is 15.9 Å². The van der Waals surface area contributed by atoms with Crippen molar-refractivity contribution in [3.63, 3.8) is 0 Å². The Morgan fingerprint density at radius 2 is 1.71 bits per heavy atom. The predicted octanol–water partition coefficient (Wildman–Crippen LogP) is 4.49. The van der Waals surface area contributed by atoms with Crippen LogP contribution in [0.15, 0.2) is 72.8 Å². The van der Waals surface area contributed by atoms with Gasteiger partial charge in [0.2, 0.25) is 5.95 Å². The van der Waals surface area contributed by atoms with Crippen molar-refractivity contribution in [2.45, 2.75) is 6.92 Å². The minimum absolute atomic E-state index is 0.0933. The van der Waals surface area contributed by atoms with E-state index in [2.05, 4.69) is 10.3 Å². The third-order valence-corrected chi connectivity index (χ3v) is 4.55. The predicted molar refractivity (Wildman–Crippen MR) is 107 cm³/mol. The number of benzene rings is 3. The Hall–Kier alpha value is -4.00. The molecule has 0 aliphatic rings. The van der Waals surface area contributed by atoms with Crippen LogP contribution in [0, 0.1) is 17.0 Å². The molecule has 7 heteroatoms. The molecular weight excluding hydrogens is 356 g/mol. The minimum Gasteiger partial charge on any atom is -0.291 e. The van der Waals surface area contributed by atoms with Crippen molar-refractivity contribution in [3.05, 3.63) is 94.0 Å². The average Bonchev–Trinajstić information content (AvgIpc) is 3.06. The van der Waals surface area contributed by atoms with E-state index in [-0.39, 0.29) is 11.3 Å². The number of hydrogen-bond acceptors (Lipinski definition) is 4. The number of anilines is 1. The molecule has 0 fully saturated rings. The molecule has 0 spiro atoms. The van der Waals surface area contributed by atoms with Gasteiger partial charge in [-0.1, -0.05) is 36.4 Å². The summed E-state index contributed by atoms with van der Waals surface area (Å²) in [7, 11) is 0. The van der Waals surface area contributed by atoms with Gasteiger partial charge in [0.05, 0.1) is 16.0 Å². The highest BCUT2D eigenvalue weighted by atomic mass is 16.6. The normalized spacial score (nSPS) is 10.8. The van der Waals surface area contributed by atoms with Gasteiger partial charge in [-0.3, -0.25) is 24.8 Å². The number of rotatable bonds is 4. The second-order valence-corrected chi connectivity index (χ2v) is 6.26. The summed E-state index contributed by atoms with van der Waals surface area (Å²) in [6, 6.07) is 21.6. The van der Waals surface area contributed by atoms with E-state index in [1.165, 1.54) is 12.1 Å². The van der Waals surface area contributed by atoms with E-state index in [1.807, 2.05) is 59.2 Å². The van der Waals surface area contributed by atoms with Crippen molar-refractivity contribution < 1.29 is 9.72 Å². The molecule has 0 radical (unpaired) electrons. The van der Waals surface area contributed by atoms with Crippen molar-refractivity contribution in [3.8, 4) is 5.69 Å². The zero-order valence-corrected chi connectivity index (χ0v) is 15.0. The summed E-state index contributed by atoms with van der Waals surface area (Å²) in [6.07, 6.45) is 0. The number of hydrogen-bond donors (Lipinski definition) is 1. The van der Waals surface area contributed by atoms with Crippen molar-refractivity contribution >= 4 is 28.6 Å². The highest BCUT2D eigenvalue weighted by molar-refractivity contribution is 6.06. The lowest BCUT2D eigenvalue weighted by atomic mass is 10.1. The summed E-state index contributed by atoms with van der Waals surface area (Å²) in [4.78, 5) is 28.1.